The van der Waals surface area contributed by atoms with Gasteiger partial charge in [0.1, 0.15) is 0 Å². The summed E-state index contributed by atoms with van der Waals surface area (Å²) in [5.41, 5.74) is 0. The van der Waals surface area contributed by atoms with Crippen LogP contribution in [0.15, 0.2) is 18.5 Å². The number of nitrogens with zero attached hydrogens (tertiary/aromatic N) is 10. The summed E-state index contributed by atoms with van der Waals surface area (Å²) in [6.07, 6.45) is 0. The molecule has 13 heteroatoms. The zero-order chi connectivity index (χ0) is 21.8. The maximum atomic E-state index is 5.29. The van der Waals surface area contributed by atoms with Crippen molar-refractivity contribution >= 4 is 29.2 Å². The molecule has 0 aliphatic heterocycles. The molecule has 0 fully saturated rings. The molecule has 0 spiro atoms. The van der Waals surface area contributed by atoms with E-state index in [1.807, 2.05) is 84.6 Å². The van der Waals surface area contributed by atoms with Gasteiger partial charge >= 0.3 is 7.51 Å². The summed E-state index contributed by atoms with van der Waals surface area (Å²) < 4.78 is 32.6. The monoisotopic (exact) mass is 442 g/mol. The molecule has 0 saturated carbocycles. The molecule has 27 heavy (non-hydrogen) atoms. The highest BCUT2D eigenvalue weighted by molar-refractivity contribution is 7.77. The highest BCUT2D eigenvalue weighted by Gasteiger charge is 2.36. The van der Waals surface area contributed by atoms with Gasteiger partial charge in [-0.2, -0.15) is 9.03 Å². The smallest absolute Gasteiger partial charge is 0.252 e. The van der Waals surface area contributed by atoms with Crippen LogP contribution >= 0.6 is 22.5 Å². The van der Waals surface area contributed by atoms with E-state index in [-0.39, 0.29) is 0 Å². The lowest BCUT2D eigenvalue weighted by atomic mass is 11.2. The van der Waals surface area contributed by atoms with Crippen LogP contribution in [-0.2, 0) is 0 Å². The van der Waals surface area contributed by atoms with E-state index in [4.69, 9.17) is 9.03 Å². The molecule has 162 valence electrons. The van der Waals surface area contributed by atoms with Crippen molar-refractivity contribution in [1.29, 1.82) is 0 Å². The lowest BCUT2D eigenvalue weighted by Gasteiger charge is -2.43. The standard InChI is InChI=1S/C14H41N10P3/c1-15-25(16-2,17-26(19(3)4,20(5)6)21(7)8)18-27(22(9)10,23(11)12)24(13)14/h1H2,2-14H3. The van der Waals surface area contributed by atoms with Crippen LogP contribution in [0.5, 0.6) is 0 Å². The van der Waals surface area contributed by atoms with Gasteiger partial charge in [-0.25, -0.2) is 9.51 Å². The van der Waals surface area contributed by atoms with Gasteiger partial charge in [0.15, 0.2) is 15.0 Å². The fourth-order valence-electron chi connectivity index (χ4n) is 3.17. The molecule has 0 aliphatic carbocycles. The summed E-state index contributed by atoms with van der Waals surface area (Å²) >= 11 is 0. The van der Waals surface area contributed by atoms with E-state index in [0.29, 0.717) is 0 Å². The highest BCUT2D eigenvalue weighted by atomic mass is 31.2. The second kappa shape index (κ2) is 10.2. The Labute approximate surface area is 167 Å². The first kappa shape index (κ1) is 27.1. The molecular weight excluding hydrogens is 401 g/mol. The van der Waals surface area contributed by atoms with Gasteiger partial charge in [0.2, 0.25) is 0 Å². The molecule has 0 atom stereocenters. The number of rotatable bonds is 9. The first-order valence-corrected chi connectivity index (χ1v) is 13.3. The van der Waals surface area contributed by atoms with Crippen molar-refractivity contribution in [1.82, 2.24) is 28.0 Å². The Bertz CT molecular complexity index is 559. The van der Waals surface area contributed by atoms with Crippen LogP contribution in [-0.4, -0.2) is 126 Å². The molecular formula is C14H41N10P3. The van der Waals surface area contributed by atoms with E-state index in [1.165, 1.54) is 0 Å². The van der Waals surface area contributed by atoms with E-state index >= 15 is 0 Å². The van der Waals surface area contributed by atoms with Crippen LogP contribution in [0.4, 0.5) is 0 Å². The topological polar surface area (TPSA) is 68.9 Å². The average Bonchev–Trinajstić information content (AvgIpc) is 2.53. The second-order valence-corrected chi connectivity index (χ2v) is 17.3. The van der Waals surface area contributed by atoms with Crippen LogP contribution < -0.4 is 0 Å². The lowest BCUT2D eigenvalue weighted by molar-refractivity contribution is 0.474. The van der Waals surface area contributed by atoms with Gasteiger partial charge in [0.25, 0.3) is 0 Å². The molecule has 0 N–H and O–H groups in total. The zero-order valence-electron chi connectivity index (χ0n) is 19.5. The van der Waals surface area contributed by atoms with Crippen molar-refractivity contribution in [2.45, 2.75) is 0 Å². The Hall–Kier alpha value is 0.120. The molecule has 0 aromatic heterocycles. The van der Waals surface area contributed by atoms with Crippen LogP contribution in [0, 0.1) is 0 Å². The van der Waals surface area contributed by atoms with Gasteiger partial charge in [-0.15, -0.1) is 0 Å². The third-order valence-electron chi connectivity index (χ3n) is 4.16. The number of hydrogen-bond donors (Lipinski definition) is 0. The van der Waals surface area contributed by atoms with Crippen molar-refractivity contribution in [3.8, 4) is 0 Å². The molecule has 0 aliphatic rings. The van der Waals surface area contributed by atoms with Crippen molar-refractivity contribution in [3.63, 3.8) is 0 Å². The lowest BCUT2D eigenvalue weighted by Crippen LogP contribution is -2.31. The Morgan fingerprint density at radius 2 is 0.741 bits per heavy atom. The summed E-state index contributed by atoms with van der Waals surface area (Å²) in [7, 11) is 19.0. The van der Waals surface area contributed by atoms with E-state index < -0.39 is 22.5 Å². The summed E-state index contributed by atoms with van der Waals surface area (Å²) in [6.45, 7) is 3.87. The van der Waals surface area contributed by atoms with Gasteiger partial charge in [-0.3, -0.25) is 28.0 Å². The molecule has 0 saturated heterocycles. The molecule has 0 amide bonds. The minimum absolute atomic E-state index is 1.75. The van der Waals surface area contributed by atoms with Gasteiger partial charge in [-0.1, -0.05) is 0 Å². The Kier molecular flexibility index (Phi) is 10.3. The minimum Gasteiger partial charge on any atom is -0.252 e. The SMILES string of the molecule is C=NP(=NC)(N=P(N(C)C)(N(C)C)N(C)C)N=P(N(C)C)(N(C)C)N(C)C. The molecule has 0 aromatic rings. The van der Waals surface area contributed by atoms with Crippen molar-refractivity contribution in [3.05, 3.63) is 0 Å². The second-order valence-electron chi connectivity index (χ2n) is 7.21. The number of hydrogen-bond acceptors (Lipinski definition) is 1. The van der Waals surface area contributed by atoms with Gasteiger partial charge in [0, 0.05) is 7.05 Å². The Balaban J connectivity index is 7.46. The normalized spacial score (nSPS) is 14.0. The maximum Gasteiger partial charge on any atom is 0.303 e. The summed E-state index contributed by atoms with van der Waals surface area (Å²) in [6, 6.07) is 0. The zero-order valence-corrected chi connectivity index (χ0v) is 22.2. The predicted molar refractivity (Wildman–Crippen MR) is 126 cm³/mol. The first-order valence-electron chi connectivity index (χ1n) is 8.53. The molecule has 0 aromatic carbocycles. The molecule has 0 bridgehead atoms. The molecule has 0 heterocycles. The predicted octanol–water partition coefficient (Wildman–Crippen LogP) is 3.53. The Morgan fingerprint density at radius 3 is 0.852 bits per heavy atom. The van der Waals surface area contributed by atoms with Crippen LogP contribution in [0.2, 0.25) is 0 Å². The molecule has 10 nitrogen and oxygen atoms in total. The van der Waals surface area contributed by atoms with Gasteiger partial charge in [0.05, 0.1) is 0 Å². The highest BCUT2D eigenvalue weighted by Crippen LogP contribution is 2.73. The van der Waals surface area contributed by atoms with Crippen LogP contribution in [0.1, 0.15) is 0 Å². The van der Waals surface area contributed by atoms with Crippen LogP contribution in [0.25, 0.3) is 0 Å². The summed E-state index contributed by atoms with van der Waals surface area (Å²) in [4.78, 5) is 0. The molecule has 0 radical (unpaired) electrons. The Morgan fingerprint density at radius 1 is 0.519 bits per heavy atom. The fourth-order valence-corrected chi connectivity index (χ4v) is 15.6. The summed E-state index contributed by atoms with van der Waals surface area (Å²) in [5, 5.41) is 0. The maximum absolute atomic E-state index is 5.29. The molecule has 0 rings (SSSR count). The largest absolute Gasteiger partial charge is 0.303 e. The molecule has 0 unspecified atom stereocenters. The van der Waals surface area contributed by atoms with E-state index in [1.54, 1.807) is 7.05 Å². The first-order chi connectivity index (χ1) is 12.2. The average molecular weight is 442 g/mol. The summed E-state index contributed by atoms with van der Waals surface area (Å²) in [5.74, 6) is 0. The van der Waals surface area contributed by atoms with E-state index in [0.717, 1.165) is 0 Å². The van der Waals surface area contributed by atoms with Crippen molar-refractivity contribution in [2.75, 3.05) is 91.6 Å². The quantitative estimate of drug-likeness (QED) is 0.402. The van der Waals surface area contributed by atoms with Crippen LogP contribution in [0.3, 0.4) is 0 Å². The van der Waals surface area contributed by atoms with E-state index in [9.17, 15) is 0 Å². The van der Waals surface area contributed by atoms with Crippen molar-refractivity contribution < 1.29 is 0 Å². The van der Waals surface area contributed by atoms with Gasteiger partial charge in [-0.05, 0) is 91.3 Å². The van der Waals surface area contributed by atoms with Gasteiger partial charge < -0.3 is 0 Å². The van der Waals surface area contributed by atoms with E-state index in [2.05, 4.69) is 44.2 Å². The van der Waals surface area contributed by atoms with Crippen molar-refractivity contribution in [2.24, 2.45) is 18.5 Å². The minimum atomic E-state index is -2.79. The third kappa shape index (κ3) is 5.19. The fraction of sp³-hybridized carbons (Fsp3) is 0.929. The third-order valence-corrected chi connectivity index (χ3v) is 15.4.